The highest BCUT2D eigenvalue weighted by atomic mass is 32.2. The van der Waals surface area contributed by atoms with E-state index >= 15 is 0 Å². The molecule has 0 spiro atoms. The minimum Gasteiger partial charge on any atom is -0.480 e. The zero-order valence-corrected chi connectivity index (χ0v) is 11.4. The summed E-state index contributed by atoms with van der Waals surface area (Å²) in [7, 11) is -4.04. The van der Waals surface area contributed by atoms with E-state index in [2.05, 4.69) is 4.72 Å². The Morgan fingerprint density at radius 3 is 2.53 bits per heavy atom. The Balaban J connectivity index is 2.97. The number of carboxylic acids is 1. The molecule has 0 saturated carbocycles. The van der Waals surface area contributed by atoms with E-state index in [1.54, 1.807) is 13.8 Å². The lowest BCUT2D eigenvalue weighted by Crippen LogP contribution is -2.41. The molecule has 19 heavy (non-hydrogen) atoms. The van der Waals surface area contributed by atoms with Gasteiger partial charge in [0.25, 0.3) is 0 Å². The van der Waals surface area contributed by atoms with Crippen LogP contribution in [0.3, 0.4) is 0 Å². The van der Waals surface area contributed by atoms with Crippen LogP contribution >= 0.6 is 0 Å². The summed E-state index contributed by atoms with van der Waals surface area (Å²) in [5.74, 6) is -1.94. The molecule has 0 aliphatic carbocycles. The van der Waals surface area contributed by atoms with Crippen LogP contribution in [-0.2, 0) is 14.8 Å². The first-order chi connectivity index (χ1) is 8.72. The van der Waals surface area contributed by atoms with E-state index in [0.29, 0.717) is 0 Å². The maximum atomic E-state index is 13.0. The molecule has 1 rings (SSSR count). The van der Waals surface area contributed by atoms with Gasteiger partial charge in [0.05, 0.1) is 4.90 Å². The number of carbonyl (C=O) groups is 1. The summed E-state index contributed by atoms with van der Waals surface area (Å²) in [6, 6.07) is 3.19. The van der Waals surface area contributed by atoms with Crippen LogP contribution in [0.1, 0.15) is 20.3 Å². The monoisotopic (exact) mass is 289 g/mol. The van der Waals surface area contributed by atoms with Crippen molar-refractivity contribution in [3.05, 3.63) is 30.1 Å². The second-order valence-electron chi connectivity index (χ2n) is 4.60. The third-order valence-corrected chi connectivity index (χ3v) is 3.88. The molecule has 0 radical (unpaired) electrons. The second kappa shape index (κ2) is 6.12. The molecule has 5 nitrogen and oxygen atoms in total. The Bertz CT molecular complexity index is 557. The maximum Gasteiger partial charge on any atom is 0.321 e. The topological polar surface area (TPSA) is 83.5 Å². The number of aliphatic carboxylic acids is 1. The van der Waals surface area contributed by atoms with Gasteiger partial charge in [-0.1, -0.05) is 19.9 Å². The Morgan fingerprint density at radius 1 is 1.42 bits per heavy atom. The number of benzene rings is 1. The van der Waals surface area contributed by atoms with Crippen LogP contribution in [-0.4, -0.2) is 25.5 Å². The molecule has 7 heteroatoms. The summed E-state index contributed by atoms with van der Waals surface area (Å²) in [5.41, 5.74) is 0. The summed E-state index contributed by atoms with van der Waals surface area (Å²) < 4.78 is 38.9. The van der Waals surface area contributed by atoms with E-state index in [4.69, 9.17) is 5.11 Å². The van der Waals surface area contributed by atoms with Crippen LogP contribution in [0.2, 0.25) is 0 Å². The van der Waals surface area contributed by atoms with Crippen LogP contribution in [0.15, 0.2) is 29.2 Å². The number of halogens is 1. The zero-order valence-electron chi connectivity index (χ0n) is 10.6. The number of carboxylic acid groups (broad SMARTS) is 1. The van der Waals surface area contributed by atoms with E-state index in [1.165, 1.54) is 12.1 Å². The van der Waals surface area contributed by atoms with Crippen molar-refractivity contribution in [2.45, 2.75) is 31.2 Å². The molecule has 0 heterocycles. The predicted octanol–water partition coefficient (Wildman–Crippen LogP) is 1.60. The molecule has 0 fully saturated rings. The number of sulfonamides is 1. The SMILES string of the molecule is CC(C)C[C@@H](NS(=O)(=O)c1cccc(F)c1)C(=O)O. The Hall–Kier alpha value is -1.47. The summed E-state index contributed by atoms with van der Waals surface area (Å²) in [6.45, 7) is 3.57. The standard InChI is InChI=1S/C12H16FNO4S/c1-8(2)6-11(12(15)16)14-19(17,18)10-5-3-4-9(13)7-10/h3-5,7-8,11,14H,6H2,1-2H3,(H,15,16)/t11-/m1/s1. The highest BCUT2D eigenvalue weighted by molar-refractivity contribution is 7.89. The van der Waals surface area contributed by atoms with Gasteiger partial charge in [-0.25, -0.2) is 12.8 Å². The van der Waals surface area contributed by atoms with Gasteiger partial charge in [-0.05, 0) is 30.5 Å². The average Bonchev–Trinajstić information content (AvgIpc) is 2.27. The van der Waals surface area contributed by atoms with Gasteiger partial charge in [0.15, 0.2) is 0 Å². The first-order valence-corrected chi connectivity index (χ1v) is 7.21. The predicted molar refractivity (Wildman–Crippen MR) is 67.6 cm³/mol. The Labute approximate surface area is 111 Å². The summed E-state index contributed by atoms with van der Waals surface area (Å²) >= 11 is 0. The fourth-order valence-electron chi connectivity index (χ4n) is 1.56. The minimum atomic E-state index is -4.04. The van der Waals surface area contributed by atoms with Crippen molar-refractivity contribution in [2.75, 3.05) is 0 Å². The van der Waals surface area contributed by atoms with Gasteiger partial charge in [-0.3, -0.25) is 4.79 Å². The van der Waals surface area contributed by atoms with Crippen molar-refractivity contribution < 1.29 is 22.7 Å². The van der Waals surface area contributed by atoms with Gasteiger partial charge >= 0.3 is 5.97 Å². The first kappa shape index (κ1) is 15.6. The van der Waals surface area contributed by atoms with Crippen molar-refractivity contribution in [2.24, 2.45) is 5.92 Å². The quantitative estimate of drug-likeness (QED) is 0.833. The van der Waals surface area contributed by atoms with Crippen molar-refractivity contribution >= 4 is 16.0 Å². The second-order valence-corrected chi connectivity index (χ2v) is 6.31. The van der Waals surface area contributed by atoms with Crippen molar-refractivity contribution in [3.8, 4) is 0 Å². The molecular formula is C12H16FNO4S. The van der Waals surface area contributed by atoms with E-state index in [0.717, 1.165) is 12.1 Å². The van der Waals surface area contributed by atoms with Crippen LogP contribution < -0.4 is 4.72 Å². The molecule has 0 aromatic heterocycles. The molecule has 0 unspecified atom stereocenters. The van der Waals surface area contributed by atoms with Crippen molar-refractivity contribution in [1.82, 2.24) is 4.72 Å². The fraction of sp³-hybridized carbons (Fsp3) is 0.417. The molecule has 0 saturated heterocycles. The number of rotatable bonds is 6. The lowest BCUT2D eigenvalue weighted by atomic mass is 10.1. The van der Waals surface area contributed by atoms with Crippen LogP contribution in [0, 0.1) is 11.7 Å². The van der Waals surface area contributed by atoms with Gasteiger partial charge in [0.1, 0.15) is 11.9 Å². The lowest BCUT2D eigenvalue weighted by Gasteiger charge is -2.16. The maximum absolute atomic E-state index is 13.0. The number of hydrogen-bond acceptors (Lipinski definition) is 3. The van der Waals surface area contributed by atoms with Gasteiger partial charge in [0.2, 0.25) is 10.0 Å². The molecule has 0 aliphatic rings. The summed E-state index contributed by atoms with van der Waals surface area (Å²) in [6.07, 6.45) is 0.157. The van der Waals surface area contributed by atoms with Gasteiger partial charge in [-0.2, -0.15) is 4.72 Å². The first-order valence-electron chi connectivity index (χ1n) is 5.73. The van der Waals surface area contributed by atoms with Gasteiger partial charge < -0.3 is 5.11 Å². The molecule has 1 atom stereocenters. The molecule has 0 amide bonds. The highest BCUT2D eigenvalue weighted by Gasteiger charge is 2.26. The zero-order chi connectivity index (χ0) is 14.6. The molecular weight excluding hydrogens is 273 g/mol. The smallest absolute Gasteiger partial charge is 0.321 e. The lowest BCUT2D eigenvalue weighted by molar-refractivity contribution is -0.139. The number of nitrogens with one attached hydrogen (secondary N) is 1. The molecule has 1 aromatic rings. The van der Waals surface area contributed by atoms with Crippen LogP contribution in [0.4, 0.5) is 4.39 Å². The van der Waals surface area contributed by atoms with E-state index in [1.807, 2.05) is 0 Å². The largest absolute Gasteiger partial charge is 0.480 e. The minimum absolute atomic E-state index is 0.0105. The Morgan fingerprint density at radius 2 is 2.05 bits per heavy atom. The average molecular weight is 289 g/mol. The van der Waals surface area contributed by atoms with Gasteiger partial charge in [-0.15, -0.1) is 0 Å². The molecule has 0 aliphatic heterocycles. The highest BCUT2D eigenvalue weighted by Crippen LogP contribution is 2.13. The Kier molecular flexibility index (Phi) is 5.02. The molecule has 2 N–H and O–H groups in total. The van der Waals surface area contributed by atoms with Crippen molar-refractivity contribution in [3.63, 3.8) is 0 Å². The molecule has 1 aromatic carbocycles. The van der Waals surface area contributed by atoms with E-state index in [9.17, 15) is 17.6 Å². The van der Waals surface area contributed by atoms with E-state index < -0.39 is 27.9 Å². The van der Waals surface area contributed by atoms with Crippen molar-refractivity contribution in [1.29, 1.82) is 0 Å². The third-order valence-electron chi connectivity index (χ3n) is 2.41. The molecule has 0 bridgehead atoms. The third kappa shape index (κ3) is 4.60. The van der Waals surface area contributed by atoms with Crippen LogP contribution in [0.25, 0.3) is 0 Å². The summed E-state index contributed by atoms with van der Waals surface area (Å²) in [4.78, 5) is 10.7. The number of hydrogen-bond donors (Lipinski definition) is 2. The van der Waals surface area contributed by atoms with Crippen LogP contribution in [0.5, 0.6) is 0 Å². The summed E-state index contributed by atoms with van der Waals surface area (Å²) in [5, 5.41) is 8.99. The van der Waals surface area contributed by atoms with E-state index in [-0.39, 0.29) is 17.2 Å². The molecule has 106 valence electrons. The van der Waals surface area contributed by atoms with Gasteiger partial charge in [0, 0.05) is 0 Å². The normalized spacial score (nSPS) is 13.5. The fourth-order valence-corrected chi connectivity index (χ4v) is 2.79.